The minimum atomic E-state index is 0.573. The Kier molecular flexibility index (Phi) is 3.86. The number of rotatable bonds is 3. The number of anilines is 1. The molecule has 0 saturated carbocycles. The van der Waals surface area contributed by atoms with Gasteiger partial charge < -0.3 is 19.1 Å². The van der Waals surface area contributed by atoms with Crippen molar-refractivity contribution in [1.29, 1.82) is 0 Å². The minimum absolute atomic E-state index is 0.573. The van der Waals surface area contributed by atoms with Crippen LogP contribution < -0.4 is 23.7 Å². The van der Waals surface area contributed by atoms with Crippen LogP contribution in [-0.2, 0) is 13.7 Å². The Morgan fingerprint density at radius 3 is 2.57 bits per heavy atom. The van der Waals surface area contributed by atoms with Gasteiger partial charge in [-0.05, 0) is 31.5 Å². The number of hydrogen-bond donors (Lipinski definition) is 0. The predicted octanol–water partition coefficient (Wildman–Crippen LogP) is 3.76. The summed E-state index contributed by atoms with van der Waals surface area (Å²) in [5, 5.41) is 1.16. The molecule has 0 aliphatic carbocycles. The van der Waals surface area contributed by atoms with Gasteiger partial charge in [0, 0.05) is 30.4 Å². The number of aryl methyl sites for hydroxylation is 2. The Balaban J connectivity index is 1.73. The number of hydrogen-bond acceptors (Lipinski definition) is 4. The Bertz CT molecular complexity index is 1100. The number of aromatic nitrogens is 1. The highest BCUT2D eigenvalue weighted by Crippen LogP contribution is 2.42. The first-order valence-electron chi connectivity index (χ1n) is 9.71. The topological polar surface area (TPSA) is 34.8 Å². The summed E-state index contributed by atoms with van der Waals surface area (Å²) in [7, 11) is 5.48. The number of nitrogens with zero attached hydrogens (tertiary/aromatic N) is 2. The van der Waals surface area contributed by atoms with Crippen molar-refractivity contribution in [1.82, 2.24) is 0 Å². The van der Waals surface area contributed by atoms with Crippen molar-refractivity contribution in [2.24, 2.45) is 7.05 Å². The second-order valence-electron chi connectivity index (χ2n) is 7.56. The van der Waals surface area contributed by atoms with Crippen molar-refractivity contribution in [2.45, 2.75) is 20.0 Å². The summed E-state index contributed by atoms with van der Waals surface area (Å²) in [6.45, 7) is 4.92. The molecule has 0 amide bonds. The van der Waals surface area contributed by atoms with E-state index in [1.807, 2.05) is 0 Å². The molecule has 144 valence electrons. The van der Waals surface area contributed by atoms with Crippen LogP contribution in [0.15, 0.2) is 30.3 Å². The number of ether oxygens (including phenoxy) is 3. The third-order valence-corrected chi connectivity index (χ3v) is 6.08. The van der Waals surface area contributed by atoms with Crippen LogP contribution in [0.1, 0.15) is 17.5 Å². The Morgan fingerprint density at radius 1 is 1.07 bits per heavy atom. The second-order valence-corrected chi connectivity index (χ2v) is 7.56. The predicted molar refractivity (Wildman–Crippen MR) is 110 cm³/mol. The van der Waals surface area contributed by atoms with E-state index in [2.05, 4.69) is 53.8 Å². The molecule has 0 bridgehead atoms. The highest BCUT2D eigenvalue weighted by Gasteiger charge is 2.30. The van der Waals surface area contributed by atoms with Crippen LogP contribution in [0.25, 0.3) is 22.2 Å². The van der Waals surface area contributed by atoms with E-state index in [0.29, 0.717) is 6.61 Å². The fraction of sp³-hybridized carbons (Fsp3) is 0.348. The molecule has 5 rings (SSSR count). The number of methoxy groups -OCH3 is 2. The maximum Gasteiger partial charge on any atom is 0.223 e. The van der Waals surface area contributed by atoms with Crippen LogP contribution in [0, 0.1) is 6.92 Å². The molecular weight excluding hydrogens is 352 g/mol. The van der Waals surface area contributed by atoms with Crippen LogP contribution >= 0.6 is 0 Å². The molecule has 5 nitrogen and oxygen atoms in total. The summed E-state index contributed by atoms with van der Waals surface area (Å²) in [4.78, 5) is 2.39. The SMILES string of the molecule is COc1cc2c(cc3c([n+]2C)-c2ccc(N4CCC4)cc2OC3)c(C)c1OC. The van der Waals surface area contributed by atoms with Crippen molar-refractivity contribution in [3.05, 3.63) is 41.5 Å². The molecule has 28 heavy (non-hydrogen) atoms. The maximum atomic E-state index is 6.16. The Labute approximate surface area is 165 Å². The normalized spacial score (nSPS) is 14.8. The Morgan fingerprint density at radius 2 is 1.89 bits per heavy atom. The zero-order valence-corrected chi connectivity index (χ0v) is 16.8. The molecule has 1 saturated heterocycles. The average Bonchev–Trinajstić information content (AvgIpc) is 2.66. The first kappa shape index (κ1) is 17.2. The van der Waals surface area contributed by atoms with Gasteiger partial charge in [-0.25, -0.2) is 0 Å². The molecule has 0 atom stereocenters. The van der Waals surface area contributed by atoms with E-state index in [4.69, 9.17) is 14.2 Å². The fourth-order valence-electron chi connectivity index (χ4n) is 4.43. The van der Waals surface area contributed by atoms with E-state index >= 15 is 0 Å². The highest BCUT2D eigenvalue weighted by atomic mass is 16.5. The van der Waals surface area contributed by atoms with Gasteiger partial charge in [0.05, 0.1) is 36.8 Å². The molecule has 1 fully saturated rings. The van der Waals surface area contributed by atoms with Gasteiger partial charge in [0.15, 0.2) is 11.5 Å². The summed E-state index contributed by atoms with van der Waals surface area (Å²) in [5.41, 5.74) is 6.98. The van der Waals surface area contributed by atoms with Gasteiger partial charge in [0.2, 0.25) is 11.2 Å². The lowest BCUT2D eigenvalue weighted by atomic mass is 9.97. The van der Waals surface area contributed by atoms with Crippen molar-refractivity contribution >= 4 is 16.6 Å². The first-order valence-corrected chi connectivity index (χ1v) is 9.71. The van der Waals surface area contributed by atoms with E-state index < -0.39 is 0 Å². The third kappa shape index (κ3) is 2.35. The summed E-state index contributed by atoms with van der Waals surface area (Å²) >= 11 is 0. The van der Waals surface area contributed by atoms with Crippen LogP contribution in [-0.4, -0.2) is 27.3 Å². The summed E-state index contributed by atoms with van der Waals surface area (Å²) in [6.07, 6.45) is 1.27. The van der Waals surface area contributed by atoms with Gasteiger partial charge in [-0.3, -0.25) is 0 Å². The molecule has 0 N–H and O–H groups in total. The van der Waals surface area contributed by atoms with Crippen LogP contribution in [0.4, 0.5) is 5.69 Å². The molecular formula is C23H25N2O3+. The van der Waals surface area contributed by atoms with Crippen molar-refractivity contribution in [3.8, 4) is 28.5 Å². The maximum absolute atomic E-state index is 6.16. The van der Waals surface area contributed by atoms with Crippen molar-refractivity contribution in [2.75, 3.05) is 32.2 Å². The zero-order chi connectivity index (χ0) is 19.4. The van der Waals surface area contributed by atoms with Crippen LogP contribution in [0.5, 0.6) is 17.2 Å². The lowest BCUT2D eigenvalue weighted by molar-refractivity contribution is -0.634. The molecule has 3 heterocycles. The average molecular weight is 377 g/mol. The fourth-order valence-corrected chi connectivity index (χ4v) is 4.43. The molecule has 3 aromatic rings. The lowest BCUT2D eigenvalue weighted by Gasteiger charge is -2.34. The largest absolute Gasteiger partial charge is 0.493 e. The summed E-state index contributed by atoms with van der Waals surface area (Å²) < 4.78 is 19.6. The van der Waals surface area contributed by atoms with Gasteiger partial charge in [-0.1, -0.05) is 0 Å². The molecule has 2 aliphatic rings. The second kappa shape index (κ2) is 6.30. The quantitative estimate of drug-likeness (QED) is 0.651. The molecule has 1 aromatic heterocycles. The summed E-state index contributed by atoms with van der Waals surface area (Å²) in [5.74, 6) is 2.50. The Hall–Kier alpha value is -2.95. The van der Waals surface area contributed by atoms with E-state index in [-0.39, 0.29) is 0 Å². The summed E-state index contributed by atoms with van der Waals surface area (Å²) in [6, 6.07) is 10.9. The van der Waals surface area contributed by atoms with E-state index in [9.17, 15) is 0 Å². The van der Waals surface area contributed by atoms with Crippen molar-refractivity contribution in [3.63, 3.8) is 0 Å². The van der Waals surface area contributed by atoms with Crippen molar-refractivity contribution < 1.29 is 18.8 Å². The van der Waals surface area contributed by atoms with Gasteiger partial charge in [-0.15, -0.1) is 0 Å². The van der Waals surface area contributed by atoms with Crippen LogP contribution in [0.2, 0.25) is 0 Å². The zero-order valence-electron chi connectivity index (χ0n) is 16.8. The standard InChI is InChI=1S/C23H25N2O3/c1-14-18-10-15-13-28-20-11-16(25-8-5-9-25)6-7-17(20)22(15)24(2)19(18)12-21(26-3)23(14)27-4/h6-7,10-12H,5,8-9,13H2,1-4H3/q+1. The molecule has 0 radical (unpaired) electrons. The van der Waals surface area contributed by atoms with Gasteiger partial charge in [0.25, 0.3) is 0 Å². The molecule has 5 heteroatoms. The van der Waals surface area contributed by atoms with Gasteiger partial charge in [0.1, 0.15) is 19.4 Å². The molecule has 0 spiro atoms. The smallest absolute Gasteiger partial charge is 0.223 e. The van der Waals surface area contributed by atoms with E-state index in [1.165, 1.54) is 23.4 Å². The molecule has 2 aliphatic heterocycles. The first-order chi connectivity index (χ1) is 13.6. The highest BCUT2D eigenvalue weighted by molar-refractivity contribution is 5.88. The number of benzene rings is 2. The van der Waals surface area contributed by atoms with Gasteiger partial charge in [-0.2, -0.15) is 4.57 Å². The monoisotopic (exact) mass is 377 g/mol. The minimum Gasteiger partial charge on any atom is -0.493 e. The van der Waals surface area contributed by atoms with Gasteiger partial charge >= 0.3 is 0 Å². The van der Waals surface area contributed by atoms with E-state index in [1.54, 1.807) is 14.2 Å². The molecule has 2 aromatic carbocycles. The van der Waals surface area contributed by atoms with E-state index in [0.717, 1.165) is 52.4 Å². The number of fused-ring (bicyclic) bond motifs is 4. The lowest BCUT2D eigenvalue weighted by Crippen LogP contribution is -2.37. The molecule has 0 unspecified atom stereocenters. The van der Waals surface area contributed by atoms with Crippen LogP contribution in [0.3, 0.4) is 0 Å². The number of pyridine rings is 1. The third-order valence-electron chi connectivity index (χ3n) is 6.08.